The lowest BCUT2D eigenvalue weighted by Gasteiger charge is -2.06. The van der Waals surface area contributed by atoms with Crippen LogP contribution in [0.25, 0.3) is 0 Å². The number of rotatable bonds is 3. The largest absolute Gasteiger partial charge is 0.399 e. The first kappa shape index (κ1) is 11.7. The minimum atomic E-state index is 0.385. The number of hydrogen-bond acceptors (Lipinski definition) is 4. The first-order valence-corrected chi connectivity index (χ1v) is 5.58. The molecule has 90 valence electrons. The molecular weight excluding hydrogens is 238 g/mol. The van der Waals surface area contributed by atoms with E-state index in [0.717, 1.165) is 11.3 Å². The molecule has 0 amide bonds. The van der Waals surface area contributed by atoms with Gasteiger partial charge in [0, 0.05) is 37.1 Å². The van der Waals surface area contributed by atoms with Crippen LogP contribution in [0.4, 0.5) is 11.5 Å². The van der Waals surface area contributed by atoms with E-state index in [1.165, 1.54) is 0 Å². The van der Waals surface area contributed by atoms with Crippen LogP contribution in [-0.4, -0.2) is 14.8 Å². The zero-order valence-corrected chi connectivity index (χ0v) is 10.5. The van der Waals surface area contributed by atoms with Crippen LogP contribution in [-0.2, 0) is 13.6 Å². The molecule has 5 nitrogen and oxygen atoms in total. The summed E-state index contributed by atoms with van der Waals surface area (Å²) in [6.07, 6.45) is 1.97. The summed E-state index contributed by atoms with van der Waals surface area (Å²) in [6.45, 7) is 2.61. The minimum absolute atomic E-state index is 0.385. The molecule has 0 aliphatic carbocycles. The first-order chi connectivity index (χ1) is 8.04. The van der Waals surface area contributed by atoms with Gasteiger partial charge in [0.2, 0.25) is 0 Å². The van der Waals surface area contributed by atoms with Crippen molar-refractivity contribution in [1.82, 2.24) is 14.8 Å². The Morgan fingerprint density at radius 2 is 2.24 bits per heavy atom. The lowest BCUT2D eigenvalue weighted by molar-refractivity contribution is 0.756. The fourth-order valence-corrected chi connectivity index (χ4v) is 1.83. The monoisotopic (exact) mass is 251 g/mol. The fraction of sp³-hybridized carbons (Fsp3) is 0.273. The quantitative estimate of drug-likeness (QED) is 0.819. The van der Waals surface area contributed by atoms with Gasteiger partial charge < -0.3 is 11.1 Å². The molecule has 2 aromatic heterocycles. The molecule has 6 heteroatoms. The highest BCUT2D eigenvalue weighted by Crippen LogP contribution is 2.17. The molecule has 0 bridgehead atoms. The maximum absolute atomic E-state index is 5.82. The third-order valence-electron chi connectivity index (χ3n) is 2.39. The van der Waals surface area contributed by atoms with Gasteiger partial charge >= 0.3 is 0 Å². The van der Waals surface area contributed by atoms with E-state index in [1.807, 2.05) is 20.2 Å². The normalized spacial score (nSPS) is 10.5. The van der Waals surface area contributed by atoms with E-state index in [2.05, 4.69) is 15.4 Å². The molecule has 0 aliphatic heterocycles. The van der Waals surface area contributed by atoms with Crippen molar-refractivity contribution in [3.05, 3.63) is 34.7 Å². The lowest BCUT2D eigenvalue weighted by Crippen LogP contribution is -2.02. The van der Waals surface area contributed by atoms with Crippen LogP contribution in [0.5, 0.6) is 0 Å². The van der Waals surface area contributed by atoms with Crippen molar-refractivity contribution >= 4 is 23.1 Å². The highest BCUT2D eigenvalue weighted by Gasteiger charge is 2.04. The Labute approximate surface area is 105 Å². The molecule has 3 N–H and O–H groups in total. The molecule has 0 unspecified atom stereocenters. The second-order valence-electron chi connectivity index (χ2n) is 3.88. The van der Waals surface area contributed by atoms with Gasteiger partial charge in [-0.25, -0.2) is 4.98 Å². The summed E-state index contributed by atoms with van der Waals surface area (Å²) in [5, 5.41) is 7.82. The van der Waals surface area contributed by atoms with Crippen molar-refractivity contribution in [1.29, 1.82) is 0 Å². The van der Waals surface area contributed by atoms with Crippen LogP contribution in [0.2, 0.25) is 5.15 Å². The van der Waals surface area contributed by atoms with Gasteiger partial charge in [-0.1, -0.05) is 11.6 Å². The van der Waals surface area contributed by atoms with E-state index in [4.69, 9.17) is 17.3 Å². The standard InChI is InChI=1S/C11H14ClN5/c1-7-8(6-17(2)16-7)5-14-11-4-9(13)3-10(12)15-11/h3-4,6H,5H2,1-2H3,(H3,13,14,15). The fourth-order valence-electron chi connectivity index (χ4n) is 1.62. The number of nitrogen functional groups attached to an aromatic ring is 1. The summed E-state index contributed by atoms with van der Waals surface area (Å²) in [4.78, 5) is 4.13. The molecule has 0 aliphatic rings. The molecule has 17 heavy (non-hydrogen) atoms. The average Bonchev–Trinajstić information content (AvgIpc) is 2.53. The zero-order valence-electron chi connectivity index (χ0n) is 9.74. The Morgan fingerprint density at radius 3 is 2.82 bits per heavy atom. The number of halogens is 1. The van der Waals surface area contributed by atoms with Gasteiger partial charge in [-0.05, 0) is 13.0 Å². The van der Waals surface area contributed by atoms with E-state index in [1.54, 1.807) is 16.8 Å². The van der Waals surface area contributed by atoms with E-state index in [9.17, 15) is 0 Å². The minimum Gasteiger partial charge on any atom is -0.399 e. The van der Waals surface area contributed by atoms with Crippen molar-refractivity contribution < 1.29 is 0 Å². The second kappa shape index (κ2) is 4.63. The molecule has 0 saturated carbocycles. The maximum Gasteiger partial charge on any atom is 0.133 e. The van der Waals surface area contributed by atoms with Crippen LogP contribution in [0.15, 0.2) is 18.3 Å². The van der Waals surface area contributed by atoms with Crippen molar-refractivity contribution in [3.8, 4) is 0 Å². The molecule has 0 fully saturated rings. The number of aryl methyl sites for hydroxylation is 2. The Bertz CT molecular complexity index is 514. The third-order valence-corrected chi connectivity index (χ3v) is 2.59. The summed E-state index contributed by atoms with van der Waals surface area (Å²) in [5.74, 6) is 0.665. The van der Waals surface area contributed by atoms with Crippen LogP contribution in [0, 0.1) is 6.92 Å². The van der Waals surface area contributed by atoms with E-state index < -0.39 is 0 Å². The summed E-state index contributed by atoms with van der Waals surface area (Å²) in [7, 11) is 1.89. The number of anilines is 2. The lowest BCUT2D eigenvalue weighted by atomic mass is 10.2. The number of nitrogens with one attached hydrogen (secondary N) is 1. The highest BCUT2D eigenvalue weighted by molar-refractivity contribution is 6.29. The molecule has 0 spiro atoms. The van der Waals surface area contributed by atoms with Crippen LogP contribution in [0.3, 0.4) is 0 Å². The number of nitrogens with zero attached hydrogens (tertiary/aromatic N) is 3. The molecule has 0 saturated heterocycles. The number of pyridine rings is 1. The predicted octanol–water partition coefficient (Wildman–Crippen LogP) is 1.97. The third kappa shape index (κ3) is 2.88. The van der Waals surface area contributed by atoms with Crippen molar-refractivity contribution in [3.63, 3.8) is 0 Å². The van der Waals surface area contributed by atoms with Crippen molar-refractivity contribution in [2.24, 2.45) is 7.05 Å². The van der Waals surface area contributed by atoms with Crippen LogP contribution in [0.1, 0.15) is 11.3 Å². The molecule has 0 atom stereocenters. The maximum atomic E-state index is 5.82. The average molecular weight is 252 g/mol. The topological polar surface area (TPSA) is 68.8 Å². The molecule has 2 heterocycles. The van der Waals surface area contributed by atoms with Gasteiger partial charge in [0.15, 0.2) is 0 Å². The number of hydrogen-bond donors (Lipinski definition) is 2. The van der Waals surface area contributed by atoms with Crippen LogP contribution >= 0.6 is 11.6 Å². The van der Waals surface area contributed by atoms with Gasteiger partial charge in [-0.15, -0.1) is 0 Å². The van der Waals surface area contributed by atoms with E-state index in [-0.39, 0.29) is 0 Å². The first-order valence-electron chi connectivity index (χ1n) is 5.20. The van der Waals surface area contributed by atoms with Crippen molar-refractivity contribution in [2.75, 3.05) is 11.1 Å². The molecule has 0 radical (unpaired) electrons. The highest BCUT2D eigenvalue weighted by atomic mass is 35.5. The van der Waals surface area contributed by atoms with E-state index >= 15 is 0 Å². The summed E-state index contributed by atoms with van der Waals surface area (Å²) < 4.78 is 1.78. The van der Waals surface area contributed by atoms with Gasteiger partial charge in [0.1, 0.15) is 11.0 Å². The summed E-state index contributed by atoms with van der Waals surface area (Å²) in [6, 6.07) is 3.36. The summed E-state index contributed by atoms with van der Waals surface area (Å²) >= 11 is 5.82. The molecule has 0 aromatic carbocycles. The molecule has 2 aromatic rings. The number of nitrogens with two attached hydrogens (primary N) is 1. The zero-order chi connectivity index (χ0) is 12.4. The van der Waals surface area contributed by atoms with Crippen LogP contribution < -0.4 is 11.1 Å². The molecule has 2 rings (SSSR count). The Kier molecular flexibility index (Phi) is 3.19. The van der Waals surface area contributed by atoms with Gasteiger partial charge in [0.05, 0.1) is 5.69 Å². The second-order valence-corrected chi connectivity index (χ2v) is 4.26. The van der Waals surface area contributed by atoms with Gasteiger partial charge in [0.25, 0.3) is 0 Å². The van der Waals surface area contributed by atoms with E-state index in [0.29, 0.717) is 23.2 Å². The summed E-state index contributed by atoms with van der Waals surface area (Å²) in [5.41, 5.74) is 8.39. The Balaban J connectivity index is 2.09. The SMILES string of the molecule is Cc1nn(C)cc1CNc1cc(N)cc(Cl)n1. The smallest absolute Gasteiger partial charge is 0.133 e. The van der Waals surface area contributed by atoms with Gasteiger partial charge in [-0.2, -0.15) is 5.10 Å². The predicted molar refractivity (Wildman–Crippen MR) is 68.9 cm³/mol. The molecular formula is C11H14ClN5. The van der Waals surface area contributed by atoms with Gasteiger partial charge in [-0.3, -0.25) is 4.68 Å². The Hall–Kier alpha value is -1.75. The number of aromatic nitrogens is 3. The van der Waals surface area contributed by atoms with Crippen molar-refractivity contribution in [2.45, 2.75) is 13.5 Å². The Morgan fingerprint density at radius 1 is 1.47 bits per heavy atom.